The van der Waals surface area contributed by atoms with Crippen LogP contribution in [-0.2, 0) is 5.41 Å². The SMILES string of the molecule is COc1ccc([C@@]23CC[C@@H](NC(=S)Nc4ccc(-n5cccn5)cc4)C[C@@H]2N(C)CC3)cc1OC. The lowest BCUT2D eigenvalue weighted by Gasteiger charge is -2.45. The second kappa shape index (κ2) is 9.87. The quantitative estimate of drug-likeness (QED) is 0.497. The number of likely N-dealkylation sites (tertiary alicyclic amines) is 1. The van der Waals surface area contributed by atoms with Gasteiger partial charge in [-0.25, -0.2) is 4.68 Å². The minimum atomic E-state index is 0.129. The Labute approximate surface area is 212 Å². The van der Waals surface area contributed by atoms with Gasteiger partial charge in [-0.05, 0) is 99.5 Å². The van der Waals surface area contributed by atoms with Crippen LogP contribution in [0, 0.1) is 0 Å². The molecule has 2 fully saturated rings. The molecule has 5 rings (SSSR count). The molecule has 2 aromatic carbocycles. The maximum Gasteiger partial charge on any atom is 0.170 e. The number of aromatic nitrogens is 2. The monoisotopic (exact) mass is 491 g/mol. The lowest BCUT2D eigenvalue weighted by atomic mass is 9.65. The number of likely N-dealkylation sites (N-methyl/N-ethyl adjacent to an activating group) is 1. The van der Waals surface area contributed by atoms with Crippen molar-refractivity contribution < 1.29 is 9.47 Å². The van der Waals surface area contributed by atoms with Crippen molar-refractivity contribution in [2.45, 2.75) is 43.2 Å². The van der Waals surface area contributed by atoms with Crippen LogP contribution in [0.2, 0.25) is 0 Å². The molecule has 0 bridgehead atoms. The molecular weight excluding hydrogens is 458 g/mol. The van der Waals surface area contributed by atoms with Gasteiger partial charge in [0.1, 0.15) is 0 Å². The lowest BCUT2D eigenvalue weighted by Crippen LogP contribution is -2.52. The van der Waals surface area contributed by atoms with Crippen molar-refractivity contribution in [3.05, 3.63) is 66.5 Å². The third-order valence-corrected chi connectivity index (χ3v) is 7.93. The van der Waals surface area contributed by atoms with E-state index < -0.39 is 0 Å². The fourth-order valence-corrected chi connectivity index (χ4v) is 6.15. The van der Waals surface area contributed by atoms with Crippen LogP contribution in [0.15, 0.2) is 60.9 Å². The molecule has 8 heteroatoms. The molecule has 2 heterocycles. The van der Waals surface area contributed by atoms with Gasteiger partial charge in [0.2, 0.25) is 0 Å². The predicted molar refractivity (Wildman–Crippen MR) is 143 cm³/mol. The van der Waals surface area contributed by atoms with Gasteiger partial charge in [-0.3, -0.25) is 0 Å². The summed E-state index contributed by atoms with van der Waals surface area (Å²) in [6, 6.07) is 17.2. The van der Waals surface area contributed by atoms with E-state index in [0.717, 1.165) is 55.1 Å². The van der Waals surface area contributed by atoms with Crippen LogP contribution in [0.5, 0.6) is 11.5 Å². The van der Waals surface area contributed by atoms with Gasteiger partial charge in [-0.2, -0.15) is 5.10 Å². The molecule has 0 unspecified atom stereocenters. The first-order valence-electron chi connectivity index (χ1n) is 12.1. The minimum Gasteiger partial charge on any atom is -0.493 e. The number of benzene rings is 2. The number of nitrogens with zero attached hydrogens (tertiary/aromatic N) is 3. The largest absolute Gasteiger partial charge is 0.493 e. The number of hydrogen-bond acceptors (Lipinski definition) is 5. The Morgan fingerprint density at radius 2 is 1.89 bits per heavy atom. The summed E-state index contributed by atoms with van der Waals surface area (Å²) in [5, 5.41) is 11.9. The molecule has 3 aromatic rings. The van der Waals surface area contributed by atoms with Gasteiger partial charge >= 0.3 is 0 Å². The van der Waals surface area contributed by atoms with E-state index in [-0.39, 0.29) is 5.41 Å². The molecule has 2 N–H and O–H groups in total. The summed E-state index contributed by atoms with van der Waals surface area (Å²) in [6.45, 7) is 1.09. The van der Waals surface area contributed by atoms with Crippen LogP contribution in [0.4, 0.5) is 5.69 Å². The van der Waals surface area contributed by atoms with Gasteiger partial charge in [-0.15, -0.1) is 0 Å². The molecule has 0 amide bonds. The molecule has 1 aromatic heterocycles. The Morgan fingerprint density at radius 1 is 1.09 bits per heavy atom. The van der Waals surface area contributed by atoms with Gasteiger partial charge in [0, 0.05) is 35.6 Å². The lowest BCUT2D eigenvalue weighted by molar-refractivity contribution is 0.161. The van der Waals surface area contributed by atoms with Gasteiger partial charge in [0.25, 0.3) is 0 Å². The summed E-state index contributed by atoms with van der Waals surface area (Å²) in [5.74, 6) is 1.58. The molecule has 0 spiro atoms. The highest BCUT2D eigenvalue weighted by molar-refractivity contribution is 7.80. The molecular formula is C27H33N5O2S. The minimum absolute atomic E-state index is 0.129. The predicted octanol–water partition coefficient (Wildman–Crippen LogP) is 4.37. The van der Waals surface area contributed by atoms with Crippen LogP contribution >= 0.6 is 12.2 Å². The van der Waals surface area contributed by atoms with Crippen LogP contribution in [0.25, 0.3) is 5.69 Å². The third-order valence-electron chi connectivity index (χ3n) is 7.72. The second-order valence-electron chi connectivity index (χ2n) is 9.54. The van der Waals surface area contributed by atoms with Crippen LogP contribution in [0.3, 0.4) is 0 Å². The average Bonchev–Trinajstić information content (AvgIpc) is 3.53. The van der Waals surface area contributed by atoms with Crippen molar-refractivity contribution in [1.29, 1.82) is 0 Å². The van der Waals surface area contributed by atoms with E-state index in [1.165, 1.54) is 5.56 Å². The summed E-state index contributed by atoms with van der Waals surface area (Å²) >= 11 is 5.68. The van der Waals surface area contributed by atoms with E-state index in [1.54, 1.807) is 20.4 Å². The molecule has 2 aliphatic rings. The summed E-state index contributed by atoms with van der Waals surface area (Å²) in [6.07, 6.45) is 8.08. The Hall–Kier alpha value is -3.10. The first kappa shape index (κ1) is 23.6. The smallest absolute Gasteiger partial charge is 0.170 e. The fraction of sp³-hybridized carbons (Fsp3) is 0.407. The first-order valence-corrected chi connectivity index (χ1v) is 12.5. The zero-order valence-corrected chi connectivity index (χ0v) is 21.3. The van der Waals surface area contributed by atoms with E-state index >= 15 is 0 Å². The Balaban J connectivity index is 1.25. The molecule has 35 heavy (non-hydrogen) atoms. The number of thiocarbonyl (C=S) groups is 1. The molecule has 1 aliphatic carbocycles. The van der Waals surface area contributed by atoms with E-state index in [2.05, 4.69) is 39.8 Å². The van der Waals surface area contributed by atoms with Crippen molar-refractivity contribution in [2.75, 3.05) is 33.1 Å². The van der Waals surface area contributed by atoms with Crippen molar-refractivity contribution in [3.63, 3.8) is 0 Å². The first-order chi connectivity index (χ1) is 17.0. The summed E-state index contributed by atoms with van der Waals surface area (Å²) in [7, 11) is 5.63. The molecule has 1 saturated heterocycles. The van der Waals surface area contributed by atoms with Crippen molar-refractivity contribution >= 4 is 23.0 Å². The normalized spacial score (nSPS) is 24.0. The topological polar surface area (TPSA) is 63.6 Å². The Kier molecular flexibility index (Phi) is 6.67. The highest BCUT2D eigenvalue weighted by atomic mass is 32.1. The average molecular weight is 492 g/mol. The van der Waals surface area contributed by atoms with Crippen LogP contribution in [-0.4, -0.2) is 59.7 Å². The standard InChI is InChI=1S/C27H33N5O2S/c1-31-16-13-27(19-5-10-23(33-2)24(17-19)34-3)12-11-21(18-25(27)31)30-26(35)29-20-6-8-22(9-7-20)32-15-4-14-28-32/h4-10,14-15,17,21,25H,11-13,16,18H2,1-3H3,(H2,29,30,35)/t21-,25+,27+/m1/s1. The van der Waals surface area contributed by atoms with Gasteiger partial charge < -0.3 is 25.0 Å². The molecule has 184 valence electrons. The molecule has 1 saturated carbocycles. The number of ether oxygens (including phenoxy) is 2. The number of anilines is 1. The van der Waals surface area contributed by atoms with E-state index in [4.69, 9.17) is 21.7 Å². The number of hydrogen-bond donors (Lipinski definition) is 2. The van der Waals surface area contributed by atoms with Gasteiger partial charge in [-0.1, -0.05) is 6.07 Å². The highest BCUT2D eigenvalue weighted by Crippen LogP contribution is 2.49. The number of rotatable bonds is 6. The third kappa shape index (κ3) is 4.60. The summed E-state index contributed by atoms with van der Waals surface area (Å²) < 4.78 is 12.9. The van der Waals surface area contributed by atoms with Gasteiger partial charge in [0.05, 0.1) is 19.9 Å². The molecule has 3 atom stereocenters. The Bertz CT molecular complexity index is 1170. The van der Waals surface area contributed by atoms with E-state index in [0.29, 0.717) is 17.2 Å². The zero-order chi connectivity index (χ0) is 24.4. The van der Waals surface area contributed by atoms with Crippen LogP contribution in [0.1, 0.15) is 31.2 Å². The molecule has 0 radical (unpaired) electrons. The van der Waals surface area contributed by atoms with Crippen LogP contribution < -0.4 is 20.1 Å². The molecule has 1 aliphatic heterocycles. The zero-order valence-electron chi connectivity index (χ0n) is 20.5. The maximum atomic E-state index is 5.68. The number of nitrogens with one attached hydrogen (secondary N) is 2. The molecule has 7 nitrogen and oxygen atoms in total. The maximum absolute atomic E-state index is 5.68. The van der Waals surface area contributed by atoms with Crippen molar-refractivity contribution in [2.24, 2.45) is 0 Å². The highest BCUT2D eigenvalue weighted by Gasteiger charge is 2.50. The van der Waals surface area contributed by atoms with E-state index in [1.807, 2.05) is 47.3 Å². The van der Waals surface area contributed by atoms with E-state index in [9.17, 15) is 0 Å². The summed E-state index contributed by atoms with van der Waals surface area (Å²) in [4.78, 5) is 2.51. The number of methoxy groups -OCH3 is 2. The Morgan fingerprint density at radius 3 is 2.60 bits per heavy atom. The fourth-order valence-electron chi connectivity index (χ4n) is 5.87. The number of fused-ring (bicyclic) bond motifs is 1. The summed E-state index contributed by atoms with van der Waals surface area (Å²) in [5.41, 5.74) is 3.46. The van der Waals surface area contributed by atoms with Crippen molar-refractivity contribution in [1.82, 2.24) is 20.0 Å². The second-order valence-corrected chi connectivity index (χ2v) is 9.95. The van der Waals surface area contributed by atoms with Gasteiger partial charge in [0.15, 0.2) is 16.6 Å². The van der Waals surface area contributed by atoms with Crippen molar-refractivity contribution in [3.8, 4) is 17.2 Å².